The molecule has 0 aliphatic carbocycles. The Bertz CT molecular complexity index is 767. The molecule has 2 rings (SSSR count). The first-order valence-electron chi connectivity index (χ1n) is 5.95. The van der Waals surface area contributed by atoms with Gasteiger partial charge in [-0.2, -0.15) is 8.42 Å². The number of aryl methyl sites for hydroxylation is 2. The lowest BCUT2D eigenvalue weighted by atomic mass is 10.3. The number of benzene rings is 1. The van der Waals surface area contributed by atoms with Crippen LogP contribution in [0.4, 0.5) is 14.5 Å². The lowest BCUT2D eigenvalue weighted by Crippen LogP contribution is -2.15. The van der Waals surface area contributed by atoms with Crippen molar-refractivity contribution >= 4 is 31.6 Å². The first-order valence-corrected chi connectivity index (χ1v) is 8.23. The van der Waals surface area contributed by atoms with E-state index in [2.05, 4.69) is 20.9 Å². The molecule has 1 heterocycles. The summed E-state index contributed by atoms with van der Waals surface area (Å²) in [6, 6.07) is 1.94. The van der Waals surface area contributed by atoms with Gasteiger partial charge < -0.3 is 4.57 Å². The van der Waals surface area contributed by atoms with Crippen molar-refractivity contribution in [1.82, 2.24) is 9.55 Å². The third-order valence-electron chi connectivity index (χ3n) is 2.81. The Morgan fingerprint density at radius 1 is 1.33 bits per heavy atom. The van der Waals surface area contributed by atoms with Crippen LogP contribution in [0.2, 0.25) is 0 Å². The van der Waals surface area contributed by atoms with Crippen molar-refractivity contribution in [3.63, 3.8) is 0 Å². The lowest BCUT2D eigenvalue weighted by Gasteiger charge is -2.08. The van der Waals surface area contributed by atoms with Crippen molar-refractivity contribution in [1.29, 1.82) is 0 Å². The van der Waals surface area contributed by atoms with Crippen molar-refractivity contribution in [2.75, 3.05) is 4.72 Å². The molecule has 0 atom stereocenters. The van der Waals surface area contributed by atoms with Crippen LogP contribution in [-0.2, 0) is 16.6 Å². The van der Waals surface area contributed by atoms with Crippen molar-refractivity contribution in [3.05, 3.63) is 40.3 Å². The number of rotatable bonds is 4. The quantitative estimate of drug-likeness (QED) is 0.887. The summed E-state index contributed by atoms with van der Waals surface area (Å²) in [5.74, 6) is -1.54. The molecule has 0 fully saturated rings. The number of sulfonamides is 1. The van der Waals surface area contributed by atoms with Crippen LogP contribution in [0.5, 0.6) is 0 Å². The number of imidazole rings is 1. The summed E-state index contributed by atoms with van der Waals surface area (Å²) in [7, 11) is -4.16. The van der Waals surface area contributed by atoms with E-state index in [1.54, 1.807) is 11.5 Å². The average Bonchev–Trinajstić information content (AvgIpc) is 2.76. The molecule has 114 valence electrons. The van der Waals surface area contributed by atoms with Crippen LogP contribution < -0.4 is 4.72 Å². The van der Waals surface area contributed by atoms with E-state index in [4.69, 9.17) is 0 Å². The molecular formula is C12H12BrF2N3O2S. The van der Waals surface area contributed by atoms with E-state index in [-0.39, 0.29) is 9.50 Å². The van der Waals surface area contributed by atoms with E-state index >= 15 is 0 Å². The first-order chi connectivity index (χ1) is 9.74. The molecule has 0 saturated carbocycles. The molecule has 1 N–H and O–H groups in total. The largest absolute Gasteiger partial charge is 0.334 e. The Morgan fingerprint density at radius 2 is 1.90 bits per heavy atom. The number of hydrogen-bond acceptors (Lipinski definition) is 3. The Labute approximate surface area is 129 Å². The average molecular weight is 380 g/mol. The third kappa shape index (κ3) is 3.24. The normalized spacial score (nSPS) is 11.7. The lowest BCUT2D eigenvalue weighted by molar-refractivity contribution is 0.580. The Balaban J connectivity index is 2.42. The third-order valence-corrected chi connectivity index (χ3v) is 4.49. The van der Waals surface area contributed by atoms with E-state index in [0.29, 0.717) is 12.4 Å². The molecule has 0 aliphatic heterocycles. The summed E-state index contributed by atoms with van der Waals surface area (Å²) in [6.07, 6.45) is 1.31. The van der Waals surface area contributed by atoms with Gasteiger partial charge in [0, 0.05) is 17.2 Å². The monoisotopic (exact) mass is 379 g/mol. The minimum atomic E-state index is -4.16. The standard InChI is InChI=1S/C12H12BrF2N3O2S/c1-3-18-6-11(16-7(18)2)21(19,20)17-12-9(14)4-8(13)5-10(12)15/h4-6,17H,3H2,1-2H3. The number of aromatic nitrogens is 2. The number of nitrogens with zero attached hydrogens (tertiary/aromatic N) is 2. The second kappa shape index (κ2) is 5.72. The van der Waals surface area contributed by atoms with Crippen LogP contribution in [0.25, 0.3) is 0 Å². The van der Waals surface area contributed by atoms with E-state index in [1.807, 2.05) is 11.6 Å². The molecule has 5 nitrogen and oxygen atoms in total. The number of halogens is 3. The van der Waals surface area contributed by atoms with Gasteiger partial charge >= 0.3 is 0 Å². The Hall–Kier alpha value is -1.48. The zero-order valence-corrected chi connectivity index (χ0v) is 13.6. The summed E-state index contributed by atoms with van der Waals surface area (Å²) >= 11 is 2.92. The SMILES string of the molecule is CCn1cc(S(=O)(=O)Nc2c(F)cc(Br)cc2F)nc1C. The molecule has 0 radical (unpaired) electrons. The Kier molecular flexibility index (Phi) is 4.33. The summed E-state index contributed by atoms with van der Waals surface area (Å²) in [6.45, 7) is 4.01. The second-order valence-corrected chi connectivity index (χ2v) is 6.81. The van der Waals surface area contributed by atoms with Crippen LogP contribution >= 0.6 is 15.9 Å². The van der Waals surface area contributed by atoms with Crippen molar-refractivity contribution in [2.45, 2.75) is 25.4 Å². The minimum Gasteiger partial charge on any atom is -0.334 e. The Morgan fingerprint density at radius 3 is 2.38 bits per heavy atom. The highest BCUT2D eigenvalue weighted by molar-refractivity contribution is 9.10. The van der Waals surface area contributed by atoms with Gasteiger partial charge in [0.1, 0.15) is 11.5 Å². The number of anilines is 1. The highest BCUT2D eigenvalue weighted by Gasteiger charge is 2.23. The van der Waals surface area contributed by atoms with E-state index in [1.165, 1.54) is 6.20 Å². The fraction of sp³-hybridized carbons (Fsp3) is 0.250. The van der Waals surface area contributed by atoms with Gasteiger partial charge in [-0.15, -0.1) is 0 Å². The second-order valence-electron chi connectivity index (χ2n) is 4.26. The maximum atomic E-state index is 13.7. The summed E-state index contributed by atoms with van der Waals surface area (Å²) in [5, 5.41) is -0.288. The fourth-order valence-electron chi connectivity index (χ4n) is 1.76. The molecule has 1 aromatic heterocycles. The summed E-state index contributed by atoms with van der Waals surface area (Å²) in [5.41, 5.74) is -0.734. The van der Waals surface area contributed by atoms with Gasteiger partial charge in [0.25, 0.3) is 10.0 Å². The van der Waals surface area contributed by atoms with Crippen LogP contribution in [0.1, 0.15) is 12.7 Å². The molecular weight excluding hydrogens is 368 g/mol. The van der Waals surface area contributed by atoms with Gasteiger partial charge in [0.15, 0.2) is 16.7 Å². The maximum Gasteiger partial charge on any atom is 0.281 e. The summed E-state index contributed by atoms with van der Waals surface area (Å²) in [4.78, 5) is 3.88. The van der Waals surface area contributed by atoms with Gasteiger partial charge in [0.05, 0.1) is 0 Å². The molecule has 21 heavy (non-hydrogen) atoms. The number of hydrogen-bond donors (Lipinski definition) is 1. The molecule has 0 amide bonds. The van der Waals surface area contributed by atoms with Gasteiger partial charge in [-0.05, 0) is 26.0 Å². The van der Waals surface area contributed by atoms with Crippen molar-refractivity contribution < 1.29 is 17.2 Å². The van der Waals surface area contributed by atoms with E-state index in [9.17, 15) is 17.2 Å². The molecule has 1 aromatic carbocycles. The predicted octanol–water partition coefficient (Wildman–Crippen LogP) is 3.05. The van der Waals surface area contributed by atoms with Crippen molar-refractivity contribution in [2.24, 2.45) is 0 Å². The minimum absolute atomic E-state index is 0.173. The fourth-order valence-corrected chi connectivity index (χ4v) is 3.24. The summed E-state index contributed by atoms with van der Waals surface area (Å²) < 4.78 is 55.3. The molecule has 0 saturated heterocycles. The van der Waals surface area contributed by atoms with Gasteiger partial charge in [0.2, 0.25) is 0 Å². The molecule has 0 aliphatic rings. The van der Waals surface area contributed by atoms with Crippen LogP contribution in [0.15, 0.2) is 27.8 Å². The van der Waals surface area contributed by atoms with Gasteiger partial charge in [-0.3, -0.25) is 4.72 Å². The zero-order valence-electron chi connectivity index (χ0n) is 11.2. The first kappa shape index (κ1) is 15.9. The van der Waals surface area contributed by atoms with Crippen LogP contribution in [-0.4, -0.2) is 18.0 Å². The molecule has 9 heteroatoms. The molecule has 0 bridgehead atoms. The number of nitrogens with one attached hydrogen (secondary N) is 1. The van der Waals surface area contributed by atoms with Crippen LogP contribution in [0, 0.1) is 18.6 Å². The zero-order chi connectivity index (χ0) is 15.8. The van der Waals surface area contributed by atoms with Crippen molar-refractivity contribution in [3.8, 4) is 0 Å². The maximum absolute atomic E-state index is 13.7. The highest BCUT2D eigenvalue weighted by Crippen LogP contribution is 2.26. The van der Waals surface area contributed by atoms with E-state index < -0.39 is 27.3 Å². The van der Waals surface area contributed by atoms with E-state index in [0.717, 1.165) is 12.1 Å². The molecule has 2 aromatic rings. The van der Waals surface area contributed by atoms with Gasteiger partial charge in [-0.25, -0.2) is 13.8 Å². The molecule has 0 spiro atoms. The van der Waals surface area contributed by atoms with Gasteiger partial charge in [-0.1, -0.05) is 15.9 Å². The highest BCUT2D eigenvalue weighted by atomic mass is 79.9. The predicted molar refractivity (Wildman–Crippen MR) is 77.5 cm³/mol. The smallest absolute Gasteiger partial charge is 0.281 e. The molecule has 0 unspecified atom stereocenters. The van der Waals surface area contributed by atoms with Crippen LogP contribution in [0.3, 0.4) is 0 Å². The topological polar surface area (TPSA) is 64.0 Å².